The predicted octanol–water partition coefficient (Wildman–Crippen LogP) is 1.25. The molecule has 0 radical (unpaired) electrons. The second-order valence-electron chi connectivity index (χ2n) is 4.13. The lowest BCUT2D eigenvalue weighted by atomic mass is 10.1. The molecule has 3 nitrogen and oxygen atoms in total. The molecule has 0 atom stereocenters. The van der Waals surface area contributed by atoms with E-state index in [9.17, 15) is 0 Å². The van der Waals surface area contributed by atoms with Gasteiger partial charge in [-0.2, -0.15) is 0 Å². The molecular weight excluding hydrogens is 186 g/mol. The maximum Gasteiger partial charge on any atom is 0.0351 e. The van der Waals surface area contributed by atoms with Crippen LogP contribution in [0.2, 0.25) is 0 Å². The van der Waals surface area contributed by atoms with Crippen LogP contribution in [0.1, 0.15) is 24.0 Å². The van der Waals surface area contributed by atoms with Gasteiger partial charge in [-0.1, -0.05) is 24.3 Å². The van der Waals surface area contributed by atoms with E-state index in [-0.39, 0.29) is 0 Å². The molecule has 3 N–H and O–H groups in total. The van der Waals surface area contributed by atoms with Crippen molar-refractivity contribution in [1.29, 1.82) is 0 Å². The van der Waals surface area contributed by atoms with E-state index in [4.69, 9.17) is 5.84 Å². The van der Waals surface area contributed by atoms with E-state index in [0.29, 0.717) is 0 Å². The molecule has 2 rings (SSSR count). The highest BCUT2D eigenvalue weighted by Gasteiger charge is 2.12. The molecule has 0 amide bonds. The first-order valence-electron chi connectivity index (χ1n) is 5.63. The zero-order chi connectivity index (χ0) is 10.5. The topological polar surface area (TPSA) is 41.3 Å². The second-order valence-corrected chi connectivity index (χ2v) is 4.13. The number of hydrogen-bond acceptors (Lipinski definition) is 3. The van der Waals surface area contributed by atoms with Crippen LogP contribution in [0.4, 0.5) is 0 Å². The van der Waals surface area contributed by atoms with Gasteiger partial charge in [0.2, 0.25) is 0 Å². The Hall–Kier alpha value is -0.900. The van der Waals surface area contributed by atoms with E-state index >= 15 is 0 Å². The van der Waals surface area contributed by atoms with Gasteiger partial charge in [0.1, 0.15) is 0 Å². The summed E-state index contributed by atoms with van der Waals surface area (Å²) < 4.78 is 0. The Labute approximate surface area is 91.2 Å². The first-order valence-corrected chi connectivity index (χ1v) is 5.63. The van der Waals surface area contributed by atoms with Crippen molar-refractivity contribution in [3.8, 4) is 0 Å². The molecular formula is C12H19N3. The third-order valence-corrected chi connectivity index (χ3v) is 3.00. The largest absolute Gasteiger partial charge is 0.299 e. The van der Waals surface area contributed by atoms with Crippen LogP contribution in [0.15, 0.2) is 24.3 Å². The van der Waals surface area contributed by atoms with Gasteiger partial charge in [-0.05, 0) is 37.1 Å². The molecule has 0 spiro atoms. The van der Waals surface area contributed by atoms with Gasteiger partial charge < -0.3 is 0 Å². The minimum absolute atomic E-state index is 0.754. The predicted molar refractivity (Wildman–Crippen MR) is 62.0 cm³/mol. The van der Waals surface area contributed by atoms with E-state index in [1.165, 1.54) is 37.1 Å². The fourth-order valence-electron chi connectivity index (χ4n) is 2.18. The van der Waals surface area contributed by atoms with Gasteiger partial charge in [0.15, 0.2) is 0 Å². The Morgan fingerprint density at radius 2 is 1.80 bits per heavy atom. The molecule has 1 aliphatic rings. The van der Waals surface area contributed by atoms with Crippen molar-refractivity contribution < 1.29 is 0 Å². The SMILES string of the molecule is NNCc1ccccc1CN1CCCC1. The summed E-state index contributed by atoms with van der Waals surface area (Å²) >= 11 is 0. The lowest BCUT2D eigenvalue weighted by Gasteiger charge is -2.17. The molecule has 1 aromatic rings. The van der Waals surface area contributed by atoms with E-state index < -0.39 is 0 Å². The third kappa shape index (κ3) is 2.78. The third-order valence-electron chi connectivity index (χ3n) is 3.00. The molecule has 0 bridgehead atoms. The second kappa shape index (κ2) is 5.26. The molecule has 0 aromatic heterocycles. The zero-order valence-corrected chi connectivity index (χ0v) is 9.08. The Kier molecular flexibility index (Phi) is 3.72. The standard InChI is InChI=1S/C12H19N3/c13-14-9-11-5-1-2-6-12(11)10-15-7-3-4-8-15/h1-2,5-6,14H,3-4,7-10,13H2. The molecule has 1 aromatic carbocycles. The van der Waals surface area contributed by atoms with Crippen LogP contribution in [-0.4, -0.2) is 18.0 Å². The summed E-state index contributed by atoms with van der Waals surface area (Å²) in [6, 6.07) is 8.52. The minimum atomic E-state index is 0.754. The van der Waals surface area contributed by atoms with E-state index in [2.05, 4.69) is 34.6 Å². The van der Waals surface area contributed by atoms with E-state index in [1.54, 1.807) is 0 Å². The van der Waals surface area contributed by atoms with Crippen molar-refractivity contribution in [2.24, 2.45) is 5.84 Å². The number of nitrogens with one attached hydrogen (secondary N) is 1. The quantitative estimate of drug-likeness (QED) is 0.574. The van der Waals surface area contributed by atoms with Crippen molar-refractivity contribution in [2.75, 3.05) is 13.1 Å². The summed E-state index contributed by atoms with van der Waals surface area (Å²) in [6.45, 7) is 4.30. The molecule has 1 saturated heterocycles. The number of hydrogen-bond donors (Lipinski definition) is 2. The summed E-state index contributed by atoms with van der Waals surface area (Å²) in [5.74, 6) is 5.37. The van der Waals surface area contributed by atoms with Crippen LogP contribution < -0.4 is 11.3 Å². The van der Waals surface area contributed by atoms with Crippen LogP contribution in [-0.2, 0) is 13.1 Å². The van der Waals surface area contributed by atoms with Gasteiger partial charge in [-0.25, -0.2) is 0 Å². The van der Waals surface area contributed by atoms with Gasteiger partial charge in [0, 0.05) is 13.1 Å². The molecule has 0 aliphatic carbocycles. The van der Waals surface area contributed by atoms with Gasteiger partial charge in [0.25, 0.3) is 0 Å². The number of benzene rings is 1. The molecule has 0 unspecified atom stereocenters. The van der Waals surface area contributed by atoms with Gasteiger partial charge in [0.05, 0.1) is 0 Å². The number of rotatable bonds is 4. The van der Waals surface area contributed by atoms with E-state index in [0.717, 1.165) is 13.1 Å². The highest BCUT2D eigenvalue weighted by atomic mass is 15.2. The van der Waals surface area contributed by atoms with Crippen molar-refractivity contribution in [3.05, 3.63) is 35.4 Å². The molecule has 15 heavy (non-hydrogen) atoms. The molecule has 1 aliphatic heterocycles. The number of likely N-dealkylation sites (tertiary alicyclic amines) is 1. The van der Waals surface area contributed by atoms with Crippen LogP contribution in [0.5, 0.6) is 0 Å². The van der Waals surface area contributed by atoms with Crippen LogP contribution >= 0.6 is 0 Å². The molecule has 82 valence electrons. The van der Waals surface area contributed by atoms with Crippen molar-refractivity contribution >= 4 is 0 Å². The van der Waals surface area contributed by atoms with Crippen molar-refractivity contribution in [3.63, 3.8) is 0 Å². The Morgan fingerprint density at radius 3 is 2.47 bits per heavy atom. The summed E-state index contributed by atoms with van der Waals surface area (Å²) in [5, 5.41) is 0. The minimum Gasteiger partial charge on any atom is -0.299 e. The maximum atomic E-state index is 5.37. The average molecular weight is 205 g/mol. The maximum absolute atomic E-state index is 5.37. The van der Waals surface area contributed by atoms with Crippen LogP contribution in [0.25, 0.3) is 0 Å². The number of nitrogens with two attached hydrogens (primary N) is 1. The van der Waals surface area contributed by atoms with Crippen LogP contribution in [0, 0.1) is 0 Å². The summed E-state index contributed by atoms with van der Waals surface area (Å²) in [6.07, 6.45) is 2.69. The summed E-state index contributed by atoms with van der Waals surface area (Å²) in [4.78, 5) is 2.51. The Morgan fingerprint density at radius 1 is 1.13 bits per heavy atom. The highest BCUT2D eigenvalue weighted by molar-refractivity contribution is 5.26. The molecule has 0 saturated carbocycles. The Balaban J connectivity index is 2.05. The number of hydrazine groups is 1. The molecule has 1 heterocycles. The first kappa shape index (κ1) is 10.6. The average Bonchev–Trinajstić information content (AvgIpc) is 2.74. The van der Waals surface area contributed by atoms with Gasteiger partial charge >= 0.3 is 0 Å². The Bertz CT molecular complexity index is 305. The molecule has 3 heteroatoms. The fourth-order valence-corrected chi connectivity index (χ4v) is 2.18. The smallest absolute Gasteiger partial charge is 0.0351 e. The highest BCUT2D eigenvalue weighted by Crippen LogP contribution is 2.15. The zero-order valence-electron chi connectivity index (χ0n) is 9.08. The fraction of sp³-hybridized carbons (Fsp3) is 0.500. The van der Waals surface area contributed by atoms with Crippen molar-refractivity contribution in [1.82, 2.24) is 10.3 Å². The monoisotopic (exact) mass is 205 g/mol. The number of nitrogens with zero attached hydrogens (tertiary/aromatic N) is 1. The first-order chi connectivity index (χ1) is 7.40. The lowest BCUT2D eigenvalue weighted by molar-refractivity contribution is 0.330. The van der Waals surface area contributed by atoms with Crippen molar-refractivity contribution in [2.45, 2.75) is 25.9 Å². The lowest BCUT2D eigenvalue weighted by Crippen LogP contribution is -2.24. The molecule has 1 fully saturated rings. The van der Waals surface area contributed by atoms with Crippen LogP contribution in [0.3, 0.4) is 0 Å². The summed E-state index contributed by atoms with van der Waals surface area (Å²) in [5.41, 5.74) is 5.44. The summed E-state index contributed by atoms with van der Waals surface area (Å²) in [7, 11) is 0. The van der Waals surface area contributed by atoms with Gasteiger partial charge in [-0.15, -0.1) is 0 Å². The van der Waals surface area contributed by atoms with E-state index in [1.807, 2.05) is 0 Å². The van der Waals surface area contributed by atoms with Gasteiger partial charge in [-0.3, -0.25) is 16.2 Å². The normalized spacial score (nSPS) is 17.1.